The number of aryl methyl sites for hydroxylation is 2. The molecule has 9 heteroatoms. The molecule has 0 spiro atoms. The van der Waals surface area contributed by atoms with Gasteiger partial charge in [-0.25, -0.2) is 22.1 Å². The number of carbonyl (C=O) groups excluding carboxylic acids is 1. The molecule has 0 saturated carbocycles. The van der Waals surface area contributed by atoms with Crippen molar-refractivity contribution in [2.45, 2.75) is 31.2 Å². The number of aromatic nitrogens is 2. The van der Waals surface area contributed by atoms with Gasteiger partial charge in [0.1, 0.15) is 11.6 Å². The molecule has 0 radical (unpaired) electrons. The van der Waals surface area contributed by atoms with Gasteiger partial charge in [-0.2, -0.15) is 0 Å². The van der Waals surface area contributed by atoms with E-state index in [-0.39, 0.29) is 17.2 Å². The minimum Gasteiger partial charge on any atom is -0.328 e. The van der Waals surface area contributed by atoms with Crippen LogP contribution in [0.5, 0.6) is 0 Å². The highest BCUT2D eigenvalue weighted by atomic mass is 32.2. The summed E-state index contributed by atoms with van der Waals surface area (Å²) in [4.78, 5) is 16.9. The van der Waals surface area contributed by atoms with E-state index in [1.54, 1.807) is 24.3 Å². The Hall–Kier alpha value is -2.78. The number of nitrogens with one attached hydrogen (secondary N) is 1. The van der Waals surface area contributed by atoms with E-state index in [4.69, 9.17) is 0 Å². The molecule has 29 heavy (non-hydrogen) atoms. The van der Waals surface area contributed by atoms with Gasteiger partial charge in [0.2, 0.25) is 15.9 Å². The fraction of sp³-hybridized carbons (Fsp3) is 0.300. The van der Waals surface area contributed by atoms with Crippen LogP contribution in [0.2, 0.25) is 0 Å². The van der Waals surface area contributed by atoms with Crippen LogP contribution in [0.25, 0.3) is 11.0 Å². The Morgan fingerprint density at radius 2 is 1.97 bits per heavy atom. The smallest absolute Gasteiger partial charge is 0.242 e. The summed E-state index contributed by atoms with van der Waals surface area (Å²) >= 11 is 0. The minimum absolute atomic E-state index is 0.169. The van der Waals surface area contributed by atoms with Crippen molar-refractivity contribution in [3.8, 4) is 0 Å². The second-order valence-corrected chi connectivity index (χ2v) is 8.92. The number of fused-ring (bicyclic) bond motifs is 1. The molecule has 1 N–H and O–H groups in total. The Morgan fingerprint density at radius 3 is 2.62 bits per heavy atom. The van der Waals surface area contributed by atoms with Crippen molar-refractivity contribution in [1.82, 2.24) is 13.9 Å². The van der Waals surface area contributed by atoms with E-state index in [2.05, 4.69) is 10.3 Å². The molecule has 1 aromatic heterocycles. The molecule has 0 aliphatic heterocycles. The SMILES string of the molecule is CCn1c(CCC(=O)Nc2cccc(F)c2)nc2cc(S(=O)(=O)N(C)C)ccc21. The lowest BCUT2D eigenvalue weighted by molar-refractivity contribution is -0.116. The quantitative estimate of drug-likeness (QED) is 0.639. The summed E-state index contributed by atoms with van der Waals surface area (Å²) in [6.07, 6.45) is 0.544. The number of halogens is 1. The van der Waals surface area contributed by atoms with Crippen LogP contribution in [0.15, 0.2) is 47.4 Å². The largest absolute Gasteiger partial charge is 0.328 e. The maximum absolute atomic E-state index is 13.2. The second kappa shape index (κ2) is 8.30. The molecule has 0 atom stereocenters. The van der Waals surface area contributed by atoms with Crippen molar-refractivity contribution < 1.29 is 17.6 Å². The Bertz CT molecular complexity index is 1160. The van der Waals surface area contributed by atoms with Crippen LogP contribution in [0.1, 0.15) is 19.2 Å². The van der Waals surface area contributed by atoms with Gasteiger partial charge in [-0.1, -0.05) is 6.07 Å². The third-order valence-corrected chi connectivity index (χ3v) is 6.39. The van der Waals surface area contributed by atoms with Crippen LogP contribution in [0, 0.1) is 5.82 Å². The number of carbonyl (C=O) groups is 1. The zero-order valence-corrected chi connectivity index (χ0v) is 17.3. The number of hydrogen-bond donors (Lipinski definition) is 1. The first-order chi connectivity index (χ1) is 13.7. The minimum atomic E-state index is -3.55. The summed E-state index contributed by atoms with van der Waals surface area (Å²) in [5.41, 5.74) is 1.78. The molecule has 0 fully saturated rings. The Labute approximate surface area is 169 Å². The predicted molar refractivity (Wildman–Crippen MR) is 110 cm³/mol. The summed E-state index contributed by atoms with van der Waals surface area (Å²) < 4.78 is 41.1. The summed E-state index contributed by atoms with van der Waals surface area (Å²) in [7, 11) is -0.595. The molecule has 0 bridgehead atoms. The highest BCUT2D eigenvalue weighted by Crippen LogP contribution is 2.23. The van der Waals surface area contributed by atoms with Gasteiger partial charge in [0.05, 0.1) is 15.9 Å². The number of anilines is 1. The highest BCUT2D eigenvalue weighted by Gasteiger charge is 2.19. The molecule has 0 aliphatic carbocycles. The maximum Gasteiger partial charge on any atom is 0.242 e. The topological polar surface area (TPSA) is 84.3 Å². The fourth-order valence-corrected chi connectivity index (χ4v) is 4.01. The van der Waals surface area contributed by atoms with E-state index in [0.29, 0.717) is 30.0 Å². The first-order valence-electron chi connectivity index (χ1n) is 9.19. The number of sulfonamides is 1. The zero-order chi connectivity index (χ0) is 21.2. The van der Waals surface area contributed by atoms with Gasteiger partial charge < -0.3 is 9.88 Å². The molecule has 0 unspecified atom stereocenters. The third kappa shape index (κ3) is 4.46. The molecule has 1 heterocycles. The monoisotopic (exact) mass is 418 g/mol. The van der Waals surface area contributed by atoms with Gasteiger partial charge in [0, 0.05) is 39.2 Å². The molecule has 1 amide bonds. The average molecular weight is 418 g/mol. The third-order valence-electron chi connectivity index (χ3n) is 4.58. The van der Waals surface area contributed by atoms with Crippen LogP contribution in [0.4, 0.5) is 10.1 Å². The van der Waals surface area contributed by atoms with Gasteiger partial charge in [-0.05, 0) is 43.3 Å². The van der Waals surface area contributed by atoms with Crippen molar-refractivity contribution in [3.63, 3.8) is 0 Å². The number of nitrogens with zero attached hydrogens (tertiary/aromatic N) is 3. The lowest BCUT2D eigenvalue weighted by atomic mass is 10.2. The molecular formula is C20H23FN4O3S. The van der Waals surface area contributed by atoms with E-state index < -0.39 is 15.8 Å². The number of rotatable bonds is 7. The van der Waals surface area contributed by atoms with Crippen LogP contribution < -0.4 is 5.32 Å². The lowest BCUT2D eigenvalue weighted by Gasteiger charge is -2.11. The summed E-state index contributed by atoms with van der Waals surface area (Å²) in [5, 5.41) is 2.66. The molecule has 0 aliphatic rings. The van der Waals surface area contributed by atoms with Gasteiger partial charge in [-0.3, -0.25) is 4.79 Å². The van der Waals surface area contributed by atoms with Crippen molar-refractivity contribution in [2.75, 3.05) is 19.4 Å². The van der Waals surface area contributed by atoms with Crippen LogP contribution in [-0.4, -0.2) is 42.3 Å². The lowest BCUT2D eigenvalue weighted by Crippen LogP contribution is -2.22. The first kappa shape index (κ1) is 20.9. The van der Waals surface area contributed by atoms with Gasteiger partial charge in [0.25, 0.3) is 0 Å². The molecule has 7 nitrogen and oxygen atoms in total. The molecule has 3 aromatic rings. The van der Waals surface area contributed by atoms with Gasteiger partial charge >= 0.3 is 0 Å². The Morgan fingerprint density at radius 1 is 1.21 bits per heavy atom. The van der Waals surface area contributed by atoms with Crippen LogP contribution >= 0.6 is 0 Å². The first-order valence-corrected chi connectivity index (χ1v) is 10.6. The van der Waals surface area contributed by atoms with E-state index in [9.17, 15) is 17.6 Å². The second-order valence-electron chi connectivity index (χ2n) is 6.77. The molecule has 0 saturated heterocycles. The number of imidazole rings is 1. The van der Waals surface area contributed by atoms with Crippen molar-refractivity contribution >= 4 is 32.7 Å². The van der Waals surface area contributed by atoms with E-state index in [1.807, 2.05) is 11.5 Å². The van der Waals surface area contributed by atoms with Crippen LogP contribution in [-0.2, 0) is 27.8 Å². The molecule has 3 rings (SSSR count). The normalized spacial score (nSPS) is 11.9. The Balaban J connectivity index is 1.81. The molecule has 154 valence electrons. The summed E-state index contributed by atoms with van der Waals surface area (Å²) in [6, 6.07) is 10.6. The van der Waals surface area contributed by atoms with Crippen molar-refractivity contribution in [3.05, 3.63) is 54.1 Å². The number of hydrogen-bond acceptors (Lipinski definition) is 4. The van der Waals surface area contributed by atoms with Crippen molar-refractivity contribution in [1.29, 1.82) is 0 Å². The number of benzene rings is 2. The molecular weight excluding hydrogens is 395 g/mol. The van der Waals surface area contributed by atoms with E-state index in [1.165, 1.54) is 32.3 Å². The van der Waals surface area contributed by atoms with E-state index >= 15 is 0 Å². The average Bonchev–Trinajstić information content (AvgIpc) is 3.02. The Kier molecular flexibility index (Phi) is 5.99. The van der Waals surface area contributed by atoms with Gasteiger partial charge in [-0.15, -0.1) is 0 Å². The van der Waals surface area contributed by atoms with Crippen LogP contribution in [0.3, 0.4) is 0 Å². The summed E-state index contributed by atoms with van der Waals surface area (Å²) in [6.45, 7) is 2.60. The zero-order valence-electron chi connectivity index (χ0n) is 16.5. The predicted octanol–water partition coefficient (Wildman–Crippen LogP) is 3.02. The van der Waals surface area contributed by atoms with Gasteiger partial charge in [0.15, 0.2) is 0 Å². The van der Waals surface area contributed by atoms with E-state index in [0.717, 1.165) is 9.82 Å². The van der Waals surface area contributed by atoms with Crippen molar-refractivity contribution in [2.24, 2.45) is 0 Å². The standard InChI is InChI=1S/C20H23FN4O3S/c1-4-25-18-9-8-16(29(27,28)24(2)3)13-17(18)23-19(25)10-11-20(26)22-15-7-5-6-14(21)12-15/h5-9,12-13H,4,10-11H2,1-3H3,(H,22,26). The highest BCUT2D eigenvalue weighted by molar-refractivity contribution is 7.89. The fourth-order valence-electron chi connectivity index (χ4n) is 3.09. The maximum atomic E-state index is 13.2. The molecule has 2 aromatic carbocycles. The summed E-state index contributed by atoms with van der Waals surface area (Å²) in [5.74, 6) is 0.0246. The number of amides is 1.